The second kappa shape index (κ2) is 38.8. The molecule has 5 N–H and O–H groups in total. The van der Waals surface area contributed by atoms with E-state index in [0.29, 0.717) is 5.69 Å². The Hall–Kier alpha value is -6.74. The van der Waals surface area contributed by atoms with E-state index in [1.807, 2.05) is 136 Å². The molecule has 0 atom stereocenters. The summed E-state index contributed by atoms with van der Waals surface area (Å²) in [6, 6.07) is 29.2. The Balaban J connectivity index is 0. The van der Waals surface area contributed by atoms with Crippen LogP contribution >= 0.6 is 0 Å². The number of nitrogens with one attached hydrogen (secondary N) is 5. The SMILES string of the molecule is C.C.C.C.C.C.Cc1cc(C)[n+](B(N[NH-])[n+]2[n-]c(C)cc2C)[n-]1.Cc1cc(C)[n+](B(N[NH-])[n+]2[n-]c(C)cc2C)[n-]1.[BH][n+]1cc2c([nH]1)-c1ccccc1CC2.[BH]n1cccn1.[BH]n1nc(C(F)(F)F)cc1C.[BH]n1nc(C)cc1C.[BH]n1ncc2ccccc21.[Eu]. The van der Waals surface area contributed by atoms with Gasteiger partial charge in [-0.05, 0) is 87.7 Å². The van der Waals surface area contributed by atoms with Crippen LogP contribution in [0.3, 0.4) is 0 Å². The van der Waals surface area contributed by atoms with E-state index in [0.717, 1.165) is 91.3 Å². The van der Waals surface area contributed by atoms with E-state index >= 15 is 0 Å². The molecule has 478 valence electrons. The molecule has 12 rings (SSSR count). The smallest absolute Gasteiger partial charge is 0.612 e. The second-order valence-electron chi connectivity index (χ2n) is 19.6. The van der Waals surface area contributed by atoms with Crippen molar-refractivity contribution in [1.29, 1.82) is 0 Å². The molecule has 0 fully saturated rings. The molecule has 0 amide bonds. The van der Waals surface area contributed by atoms with Crippen LogP contribution in [-0.4, -0.2) is 98.0 Å². The molecule has 22 nitrogen and oxygen atoms in total. The van der Waals surface area contributed by atoms with Crippen molar-refractivity contribution in [1.82, 2.24) is 74.9 Å². The van der Waals surface area contributed by atoms with E-state index in [4.69, 9.17) is 11.7 Å². The summed E-state index contributed by atoms with van der Waals surface area (Å²) < 4.78 is 50.2. The van der Waals surface area contributed by atoms with Crippen LogP contribution in [0.5, 0.6) is 0 Å². The number of halogens is 3. The van der Waals surface area contributed by atoms with Gasteiger partial charge < -0.3 is 61.1 Å². The number of aromatic nitrogens is 18. The molecule has 33 heteroatoms. The first-order valence-electron chi connectivity index (χ1n) is 26.1. The molecule has 6 radical (unpaired) electrons. The van der Waals surface area contributed by atoms with Crippen LogP contribution in [0.25, 0.3) is 33.8 Å². The third-order valence-corrected chi connectivity index (χ3v) is 12.7. The molecule has 0 spiro atoms. The number of hydrogen-bond donors (Lipinski definition) is 3. The van der Waals surface area contributed by atoms with Gasteiger partial charge in [0.2, 0.25) is 0 Å². The molecule has 0 saturated carbocycles. The van der Waals surface area contributed by atoms with Crippen molar-refractivity contribution < 1.29 is 85.5 Å². The Morgan fingerprint density at radius 2 is 1.00 bits per heavy atom. The number of rotatable bonds is 6. The van der Waals surface area contributed by atoms with Gasteiger partial charge in [0, 0.05) is 117 Å². The number of aryl methyl sites for hydroxylation is 13. The van der Waals surface area contributed by atoms with Gasteiger partial charge in [-0.25, -0.2) is 4.59 Å². The fourth-order valence-electron chi connectivity index (χ4n) is 8.85. The van der Waals surface area contributed by atoms with Gasteiger partial charge in [-0.15, -0.1) is 22.8 Å². The van der Waals surface area contributed by atoms with Crippen LogP contribution in [0.2, 0.25) is 0 Å². The second-order valence-corrected chi connectivity index (χ2v) is 19.6. The summed E-state index contributed by atoms with van der Waals surface area (Å²) in [4.78, 5) is 0. The average molecular weight is 1370 g/mol. The van der Waals surface area contributed by atoms with Crippen LogP contribution < -0.4 is 54.0 Å². The minimum atomic E-state index is -4.37. The number of fused-ring (bicyclic) bond motifs is 4. The Bertz CT molecular complexity index is 3590. The van der Waals surface area contributed by atoms with Crippen LogP contribution in [0, 0.1) is 126 Å². The molecule has 90 heavy (non-hydrogen) atoms. The number of hydrogen-bond acceptors (Lipinski definition) is 6. The summed E-state index contributed by atoms with van der Waals surface area (Å²) >= 11 is 0. The Morgan fingerprint density at radius 1 is 0.567 bits per heavy atom. The topological polar surface area (TPSA) is 235 Å². The molecular formula is C57H90B7EuF3N22-. The first-order valence-corrected chi connectivity index (χ1v) is 26.1. The first-order chi connectivity index (χ1) is 39.3. The third kappa shape index (κ3) is 23.2. The zero-order valence-electron chi connectivity index (χ0n) is 49.2. The van der Waals surface area contributed by atoms with Gasteiger partial charge in [0.25, 0.3) is 31.9 Å². The Kier molecular flexibility index (Phi) is 36.8. The van der Waals surface area contributed by atoms with Crippen molar-refractivity contribution in [3.8, 4) is 11.3 Å². The standard InChI is InChI=1S/C11H11BN2.2C10H16BN6.C7H6BN2.C5H5BF3N2.C5H8BN2.C3H4BN2.6CH4.Eu/c12-14-7-9-6-5-8-3-1-2-4-10(8)11(9)13-14;2*1-7-5-9(3)16(13-7)11(15-12)17-10(4)6-8(2)14-17;8-10-7-4-2-1-3-6(7)5-9-10;1-3-2-4(5(7,8)9)10-11(3)6;1-4-3-5(2)8(6)7-4;4-6-3-1-2-5-6;;;;;;;/h1-4,7,12-13H,5-6H2;2*5-6,12,15H,1-4H3;1-5,8H;2,6H,1H3;3,6H,1-2H3;1-4H;6*1H4;/q+1;2*-1;;;;;;;;;;;. The normalized spacial score (nSPS) is 10.3. The molecule has 9 aromatic heterocycles. The molecule has 1 aliphatic rings. The number of aromatic amines is 1. The van der Waals surface area contributed by atoms with Crippen molar-refractivity contribution >= 4 is 65.0 Å². The minimum Gasteiger partial charge on any atom is -0.612 e. The van der Waals surface area contributed by atoms with Crippen LogP contribution in [0.1, 0.15) is 124 Å². The number of H-pyrrole nitrogens is 1. The van der Waals surface area contributed by atoms with E-state index in [9.17, 15) is 13.2 Å². The fraction of sp³-hybridized carbons (Fsp3) is 0.351. The van der Waals surface area contributed by atoms with Crippen molar-refractivity contribution in [2.24, 2.45) is 0 Å². The van der Waals surface area contributed by atoms with E-state index in [-0.39, 0.29) is 93.9 Å². The number of nitrogens with zero attached hydrogens (tertiary/aromatic N) is 17. The molecule has 0 aliphatic heterocycles. The van der Waals surface area contributed by atoms with Crippen LogP contribution in [0.15, 0.2) is 116 Å². The molecule has 1 aliphatic carbocycles. The zero-order chi connectivity index (χ0) is 60.9. The molecule has 0 saturated heterocycles. The summed E-state index contributed by atoms with van der Waals surface area (Å²) in [6.07, 6.45) is 5.24. The minimum absolute atomic E-state index is 0. The number of para-hydroxylation sites is 1. The van der Waals surface area contributed by atoms with E-state index in [1.165, 1.54) is 33.9 Å². The summed E-state index contributed by atoms with van der Waals surface area (Å²) in [5, 5.41) is 41.8. The summed E-state index contributed by atoms with van der Waals surface area (Å²) in [7, 11) is 17.2. The van der Waals surface area contributed by atoms with E-state index in [1.54, 1.807) is 44.5 Å². The van der Waals surface area contributed by atoms with E-state index in [2.05, 4.69) is 127 Å². The van der Waals surface area contributed by atoms with Gasteiger partial charge in [0.1, 0.15) is 28.5 Å². The van der Waals surface area contributed by atoms with Gasteiger partial charge in [0.05, 0.1) is 17.4 Å². The predicted octanol–water partition coefficient (Wildman–Crippen LogP) is 4.53. The number of benzene rings is 2. The van der Waals surface area contributed by atoms with Crippen molar-refractivity contribution in [3.05, 3.63) is 207 Å². The largest absolute Gasteiger partial charge is 0.909 e. The third-order valence-electron chi connectivity index (χ3n) is 12.7. The van der Waals surface area contributed by atoms with Crippen LogP contribution in [0.4, 0.5) is 13.2 Å². The first kappa shape index (κ1) is 85.3. The molecule has 0 unspecified atom stereocenters. The van der Waals surface area contributed by atoms with Gasteiger partial charge in [-0.3, -0.25) is 18.4 Å². The summed E-state index contributed by atoms with van der Waals surface area (Å²) in [5.74, 6) is 15.0. The fourth-order valence-corrected chi connectivity index (χ4v) is 8.85. The van der Waals surface area contributed by atoms with Gasteiger partial charge in [-0.2, -0.15) is 38.7 Å². The monoisotopic (exact) mass is 1370 g/mol. The molecule has 9 heterocycles. The van der Waals surface area contributed by atoms with Gasteiger partial charge in [0.15, 0.2) is 11.9 Å². The van der Waals surface area contributed by atoms with Gasteiger partial charge in [-0.1, -0.05) is 115 Å². The predicted molar refractivity (Wildman–Crippen MR) is 358 cm³/mol. The summed E-state index contributed by atoms with van der Waals surface area (Å²) in [5.41, 5.74) is 15.8. The Labute approximate surface area is 578 Å². The maximum Gasteiger partial charge on any atom is 0.909 e. The maximum absolute atomic E-state index is 11.9. The van der Waals surface area contributed by atoms with E-state index < -0.39 is 26.1 Å². The summed E-state index contributed by atoms with van der Waals surface area (Å²) in [6.45, 7) is 21.1. The van der Waals surface area contributed by atoms with Crippen molar-refractivity contribution in [3.63, 3.8) is 0 Å². The zero-order valence-corrected chi connectivity index (χ0v) is 51.6. The molecular weight excluding hydrogens is 1280 g/mol. The van der Waals surface area contributed by atoms with Crippen molar-refractivity contribution in [2.45, 2.75) is 140 Å². The average Bonchev–Trinajstić information content (AvgIpc) is 4.24. The Morgan fingerprint density at radius 3 is 1.32 bits per heavy atom. The van der Waals surface area contributed by atoms with Gasteiger partial charge >= 0.3 is 28.4 Å². The van der Waals surface area contributed by atoms with Crippen molar-refractivity contribution in [2.75, 3.05) is 0 Å². The molecule has 2 aromatic carbocycles. The maximum atomic E-state index is 11.9. The number of alkyl halides is 3. The van der Waals surface area contributed by atoms with Crippen LogP contribution in [-0.2, 0) is 19.0 Å². The molecule has 0 bridgehead atoms. The quantitative estimate of drug-likeness (QED) is 0.156. The molecule has 11 aromatic rings.